The molecule has 88 valence electrons. The zero-order valence-corrected chi connectivity index (χ0v) is 10.00. The molecular formula is C12H23NO2. The van der Waals surface area contributed by atoms with Crippen molar-refractivity contribution in [2.75, 3.05) is 6.61 Å². The molecule has 0 bridgehead atoms. The topological polar surface area (TPSA) is 30.8 Å². The lowest BCUT2D eigenvalue weighted by Gasteiger charge is -2.20. The van der Waals surface area contributed by atoms with Gasteiger partial charge in [-0.3, -0.25) is 0 Å². The minimum Gasteiger partial charge on any atom is -0.364 e. The molecule has 1 atom stereocenters. The maximum Gasteiger partial charge on any atom is 0.226 e. The van der Waals surface area contributed by atoms with Gasteiger partial charge >= 0.3 is 0 Å². The minimum absolute atomic E-state index is 0.0954. The summed E-state index contributed by atoms with van der Waals surface area (Å²) in [4.78, 5) is 5.40. The van der Waals surface area contributed by atoms with E-state index in [0.29, 0.717) is 0 Å². The molecule has 0 N–H and O–H groups in total. The summed E-state index contributed by atoms with van der Waals surface area (Å²) >= 11 is 0. The van der Waals surface area contributed by atoms with Crippen molar-refractivity contribution in [3.05, 3.63) is 0 Å². The molecule has 1 unspecified atom stereocenters. The number of oxime groups is 1. The van der Waals surface area contributed by atoms with Gasteiger partial charge in [0.2, 0.25) is 6.29 Å². The summed E-state index contributed by atoms with van der Waals surface area (Å²) in [5.41, 5.74) is 1.16. The van der Waals surface area contributed by atoms with E-state index in [9.17, 15) is 0 Å². The number of nitrogens with zero attached hydrogens (tertiary/aromatic N) is 1. The SMILES string of the molecule is CCCCC(CC)=NOC1CCCCO1. The number of unbranched alkanes of at least 4 members (excludes halogenated alkanes) is 1. The molecule has 1 rings (SSSR count). The Hall–Kier alpha value is -0.570. The summed E-state index contributed by atoms with van der Waals surface area (Å²) in [6, 6.07) is 0. The van der Waals surface area contributed by atoms with Crippen molar-refractivity contribution in [2.45, 2.75) is 65.1 Å². The highest BCUT2D eigenvalue weighted by atomic mass is 16.8. The predicted molar refractivity (Wildman–Crippen MR) is 61.9 cm³/mol. The molecule has 3 nitrogen and oxygen atoms in total. The Kier molecular flexibility index (Phi) is 6.41. The van der Waals surface area contributed by atoms with Crippen molar-refractivity contribution in [3.63, 3.8) is 0 Å². The predicted octanol–water partition coefficient (Wildman–Crippen LogP) is 3.49. The second-order valence-corrected chi connectivity index (χ2v) is 4.02. The molecule has 15 heavy (non-hydrogen) atoms. The zero-order valence-electron chi connectivity index (χ0n) is 10.00. The maximum absolute atomic E-state index is 5.45. The molecule has 0 aromatic rings. The van der Waals surface area contributed by atoms with E-state index in [1.54, 1.807) is 0 Å². The lowest BCUT2D eigenvalue weighted by Crippen LogP contribution is -2.20. The average molecular weight is 213 g/mol. The lowest BCUT2D eigenvalue weighted by molar-refractivity contribution is -0.162. The first-order valence-corrected chi connectivity index (χ1v) is 6.20. The number of rotatable bonds is 6. The highest BCUT2D eigenvalue weighted by Crippen LogP contribution is 2.14. The molecule has 1 saturated heterocycles. The molecule has 0 aromatic carbocycles. The van der Waals surface area contributed by atoms with Crippen molar-refractivity contribution < 1.29 is 9.57 Å². The van der Waals surface area contributed by atoms with E-state index in [1.165, 1.54) is 19.3 Å². The fraction of sp³-hybridized carbons (Fsp3) is 0.917. The molecule has 0 amide bonds. The van der Waals surface area contributed by atoms with E-state index in [2.05, 4.69) is 19.0 Å². The highest BCUT2D eigenvalue weighted by Gasteiger charge is 2.14. The van der Waals surface area contributed by atoms with Crippen molar-refractivity contribution in [1.29, 1.82) is 0 Å². The Morgan fingerprint density at radius 3 is 2.87 bits per heavy atom. The Morgan fingerprint density at radius 2 is 2.27 bits per heavy atom. The van der Waals surface area contributed by atoms with Gasteiger partial charge in [0.15, 0.2) is 0 Å². The van der Waals surface area contributed by atoms with Crippen LogP contribution in [-0.4, -0.2) is 18.6 Å². The number of hydrogen-bond donors (Lipinski definition) is 0. The molecular weight excluding hydrogens is 190 g/mol. The van der Waals surface area contributed by atoms with Crippen LogP contribution in [0.15, 0.2) is 5.16 Å². The van der Waals surface area contributed by atoms with E-state index in [0.717, 1.165) is 38.0 Å². The average Bonchev–Trinajstić information content (AvgIpc) is 2.31. The van der Waals surface area contributed by atoms with Crippen LogP contribution in [0, 0.1) is 0 Å². The highest BCUT2D eigenvalue weighted by molar-refractivity contribution is 5.83. The third kappa shape index (κ3) is 5.17. The fourth-order valence-electron chi connectivity index (χ4n) is 1.60. The van der Waals surface area contributed by atoms with E-state index in [1.807, 2.05) is 0 Å². The summed E-state index contributed by atoms with van der Waals surface area (Å²) in [6.07, 6.45) is 7.67. The molecule has 0 radical (unpaired) electrons. The Labute approximate surface area is 92.8 Å². The Balaban J connectivity index is 2.25. The third-order valence-electron chi connectivity index (χ3n) is 2.66. The Morgan fingerprint density at radius 1 is 1.40 bits per heavy atom. The van der Waals surface area contributed by atoms with Crippen molar-refractivity contribution in [1.82, 2.24) is 0 Å². The van der Waals surface area contributed by atoms with E-state index < -0.39 is 0 Å². The molecule has 3 heteroatoms. The standard InChI is InChI=1S/C12H23NO2/c1-3-5-8-11(4-2)13-15-12-9-6-7-10-14-12/h12H,3-10H2,1-2H3. The monoisotopic (exact) mass is 213 g/mol. The van der Waals surface area contributed by atoms with Crippen molar-refractivity contribution in [2.24, 2.45) is 5.16 Å². The summed E-state index contributed by atoms with van der Waals surface area (Å²) in [5, 5.41) is 4.20. The van der Waals surface area contributed by atoms with E-state index in [4.69, 9.17) is 9.57 Å². The van der Waals surface area contributed by atoms with Crippen LogP contribution in [0.4, 0.5) is 0 Å². The van der Waals surface area contributed by atoms with E-state index >= 15 is 0 Å². The number of ether oxygens (including phenoxy) is 1. The molecule has 1 aliphatic heterocycles. The van der Waals surface area contributed by atoms with Gasteiger partial charge in [-0.15, -0.1) is 0 Å². The van der Waals surface area contributed by atoms with Crippen molar-refractivity contribution >= 4 is 5.71 Å². The van der Waals surface area contributed by atoms with E-state index in [-0.39, 0.29) is 6.29 Å². The van der Waals surface area contributed by atoms with Crippen LogP contribution in [0.1, 0.15) is 58.8 Å². The van der Waals surface area contributed by atoms with Crippen LogP contribution in [0.2, 0.25) is 0 Å². The molecule has 0 saturated carbocycles. The zero-order chi connectivity index (χ0) is 10.9. The molecule has 1 heterocycles. The summed E-state index contributed by atoms with van der Waals surface area (Å²) < 4.78 is 5.45. The summed E-state index contributed by atoms with van der Waals surface area (Å²) in [7, 11) is 0. The van der Waals surface area contributed by atoms with Crippen LogP contribution in [0.3, 0.4) is 0 Å². The van der Waals surface area contributed by atoms with Gasteiger partial charge in [-0.2, -0.15) is 0 Å². The molecule has 1 fully saturated rings. The normalized spacial score (nSPS) is 22.8. The van der Waals surface area contributed by atoms with Crippen LogP contribution >= 0.6 is 0 Å². The minimum atomic E-state index is -0.0954. The Bertz CT molecular complexity index is 186. The van der Waals surface area contributed by atoms with Crippen LogP contribution in [-0.2, 0) is 9.57 Å². The van der Waals surface area contributed by atoms with Crippen LogP contribution in [0.25, 0.3) is 0 Å². The van der Waals surface area contributed by atoms with Gasteiger partial charge in [-0.1, -0.05) is 25.4 Å². The van der Waals surface area contributed by atoms with Gasteiger partial charge in [0, 0.05) is 6.42 Å². The molecule has 1 aliphatic rings. The number of hydrogen-bond acceptors (Lipinski definition) is 3. The first-order valence-electron chi connectivity index (χ1n) is 6.20. The summed E-state index contributed by atoms with van der Waals surface area (Å²) in [6.45, 7) is 5.13. The van der Waals surface area contributed by atoms with Gasteiger partial charge in [-0.05, 0) is 32.1 Å². The molecule has 0 spiro atoms. The summed E-state index contributed by atoms with van der Waals surface area (Å²) in [5.74, 6) is 0. The van der Waals surface area contributed by atoms with Crippen LogP contribution < -0.4 is 0 Å². The lowest BCUT2D eigenvalue weighted by atomic mass is 10.1. The fourth-order valence-corrected chi connectivity index (χ4v) is 1.60. The quantitative estimate of drug-likeness (QED) is 0.499. The van der Waals surface area contributed by atoms with Crippen LogP contribution in [0.5, 0.6) is 0 Å². The smallest absolute Gasteiger partial charge is 0.226 e. The maximum atomic E-state index is 5.45. The first kappa shape index (κ1) is 12.5. The van der Waals surface area contributed by atoms with Gasteiger partial charge in [-0.25, -0.2) is 0 Å². The van der Waals surface area contributed by atoms with Gasteiger partial charge < -0.3 is 9.57 Å². The molecule has 0 aromatic heterocycles. The largest absolute Gasteiger partial charge is 0.364 e. The second-order valence-electron chi connectivity index (χ2n) is 4.02. The third-order valence-corrected chi connectivity index (χ3v) is 2.66. The van der Waals surface area contributed by atoms with Crippen molar-refractivity contribution in [3.8, 4) is 0 Å². The first-order chi connectivity index (χ1) is 7.36. The second kappa shape index (κ2) is 7.69. The van der Waals surface area contributed by atoms with Gasteiger partial charge in [0.25, 0.3) is 0 Å². The molecule has 0 aliphatic carbocycles. The van der Waals surface area contributed by atoms with Gasteiger partial charge in [0.05, 0.1) is 12.3 Å². The van der Waals surface area contributed by atoms with Gasteiger partial charge in [0.1, 0.15) is 0 Å².